The molecule has 1 aromatic carbocycles. The number of carbonyl (C=O) groups is 2. The lowest BCUT2D eigenvalue weighted by Gasteiger charge is -2.37. The predicted octanol–water partition coefficient (Wildman–Crippen LogP) is 2.57. The topological polar surface area (TPSA) is 49.9 Å². The van der Waals surface area contributed by atoms with Crippen LogP contribution in [0.4, 0.5) is 0 Å². The van der Waals surface area contributed by atoms with E-state index in [0.29, 0.717) is 11.6 Å². The van der Waals surface area contributed by atoms with Crippen molar-refractivity contribution in [2.75, 3.05) is 33.3 Å². The van der Waals surface area contributed by atoms with E-state index in [4.69, 9.17) is 0 Å². The van der Waals surface area contributed by atoms with Gasteiger partial charge in [0.15, 0.2) is 0 Å². The lowest BCUT2D eigenvalue weighted by molar-refractivity contribution is -0.128. The smallest absolute Gasteiger partial charge is 0.337 e. The average molecular weight is 342 g/mol. The molecule has 0 spiro atoms. The highest BCUT2D eigenvalue weighted by Gasteiger charge is 2.28. The average Bonchev–Trinajstić information content (AvgIpc) is 3.21. The summed E-state index contributed by atoms with van der Waals surface area (Å²) < 4.78 is 4.68. The molecule has 0 bridgehead atoms. The van der Waals surface area contributed by atoms with Gasteiger partial charge in [0.05, 0.1) is 12.7 Å². The number of nitrogens with zero attached hydrogens (tertiary/aromatic N) is 2. The van der Waals surface area contributed by atoms with Crippen molar-refractivity contribution in [2.24, 2.45) is 0 Å². The highest BCUT2D eigenvalue weighted by atomic mass is 16.5. The summed E-state index contributed by atoms with van der Waals surface area (Å²) in [4.78, 5) is 28.4. The molecule has 1 aromatic rings. The minimum atomic E-state index is -0.354. The van der Waals surface area contributed by atoms with E-state index in [1.807, 2.05) is 23.1 Å². The number of carbonyl (C=O) groups excluding carboxylic acids is 2. The Bertz CT molecular complexity index is 633. The fourth-order valence-corrected chi connectivity index (χ4v) is 3.68. The van der Waals surface area contributed by atoms with Crippen molar-refractivity contribution < 1.29 is 14.3 Å². The van der Waals surface area contributed by atoms with Crippen molar-refractivity contribution in [3.8, 4) is 0 Å². The van der Waals surface area contributed by atoms with Crippen LogP contribution >= 0.6 is 0 Å². The molecule has 3 rings (SSSR count). The first-order valence-corrected chi connectivity index (χ1v) is 9.07. The Hall–Kier alpha value is -2.14. The van der Waals surface area contributed by atoms with Crippen LogP contribution in [0.5, 0.6) is 0 Å². The van der Waals surface area contributed by atoms with Crippen molar-refractivity contribution in [2.45, 2.75) is 31.7 Å². The molecule has 134 valence electrons. The molecule has 2 aliphatic heterocycles. The van der Waals surface area contributed by atoms with Crippen LogP contribution in [0.3, 0.4) is 0 Å². The van der Waals surface area contributed by atoms with Crippen LogP contribution in [-0.2, 0) is 9.53 Å². The lowest BCUT2D eigenvalue weighted by atomic mass is 10.0. The van der Waals surface area contributed by atoms with Crippen LogP contribution in [0.2, 0.25) is 0 Å². The minimum absolute atomic E-state index is 0.0703. The SMILES string of the molecule is COC(=O)c1ccc(/C=C\C(=O)N2CCC[C@H](N3CCCC3)C2)cc1. The van der Waals surface area contributed by atoms with Crippen LogP contribution < -0.4 is 0 Å². The summed E-state index contributed by atoms with van der Waals surface area (Å²) >= 11 is 0. The molecular formula is C20H26N2O3. The third-order valence-corrected chi connectivity index (χ3v) is 5.12. The van der Waals surface area contributed by atoms with E-state index >= 15 is 0 Å². The summed E-state index contributed by atoms with van der Waals surface area (Å²) in [5.41, 5.74) is 1.41. The zero-order valence-corrected chi connectivity index (χ0v) is 14.8. The third-order valence-electron chi connectivity index (χ3n) is 5.12. The van der Waals surface area contributed by atoms with Crippen molar-refractivity contribution in [1.29, 1.82) is 0 Å². The Morgan fingerprint density at radius 1 is 1.08 bits per heavy atom. The molecule has 2 heterocycles. The Kier molecular flexibility index (Phi) is 5.87. The van der Waals surface area contributed by atoms with Crippen LogP contribution in [0.25, 0.3) is 6.08 Å². The van der Waals surface area contributed by atoms with Crippen LogP contribution in [0.15, 0.2) is 30.3 Å². The van der Waals surface area contributed by atoms with Gasteiger partial charge < -0.3 is 9.64 Å². The molecule has 5 nitrogen and oxygen atoms in total. The number of benzene rings is 1. The van der Waals surface area contributed by atoms with Gasteiger partial charge in [0.1, 0.15) is 0 Å². The Labute approximate surface area is 149 Å². The molecule has 2 aliphatic rings. The van der Waals surface area contributed by atoms with E-state index in [1.54, 1.807) is 18.2 Å². The molecular weight excluding hydrogens is 316 g/mol. The van der Waals surface area contributed by atoms with Crippen molar-refractivity contribution >= 4 is 18.0 Å². The second-order valence-electron chi connectivity index (χ2n) is 6.77. The third kappa shape index (κ3) is 4.48. The number of piperidine rings is 1. The van der Waals surface area contributed by atoms with Gasteiger partial charge >= 0.3 is 5.97 Å². The molecule has 0 unspecified atom stereocenters. The Morgan fingerprint density at radius 3 is 2.48 bits per heavy atom. The molecule has 1 atom stereocenters. The van der Waals surface area contributed by atoms with Gasteiger partial charge in [-0.05, 0) is 62.5 Å². The number of likely N-dealkylation sites (tertiary alicyclic amines) is 2. The summed E-state index contributed by atoms with van der Waals surface area (Å²) in [6, 6.07) is 7.58. The molecule has 1 amide bonds. The highest BCUT2D eigenvalue weighted by Crippen LogP contribution is 2.20. The summed E-state index contributed by atoms with van der Waals surface area (Å²) in [5, 5.41) is 0. The largest absolute Gasteiger partial charge is 0.465 e. The first-order valence-electron chi connectivity index (χ1n) is 9.07. The molecule has 2 fully saturated rings. The summed E-state index contributed by atoms with van der Waals surface area (Å²) in [7, 11) is 1.36. The normalized spacial score (nSPS) is 21.6. The number of rotatable bonds is 4. The minimum Gasteiger partial charge on any atom is -0.465 e. The molecule has 0 saturated carbocycles. The zero-order valence-electron chi connectivity index (χ0n) is 14.8. The zero-order chi connectivity index (χ0) is 17.6. The number of hydrogen-bond acceptors (Lipinski definition) is 4. The quantitative estimate of drug-likeness (QED) is 0.623. The molecule has 0 radical (unpaired) electrons. The summed E-state index contributed by atoms with van der Waals surface area (Å²) in [6.07, 6.45) is 8.29. The standard InChI is InChI=1S/C20H26N2O3/c1-25-20(24)17-9-6-16(7-10-17)8-11-19(23)22-14-4-5-18(15-22)21-12-2-3-13-21/h6-11,18H,2-5,12-15H2,1H3/b11-8-/t18-/m0/s1. The lowest BCUT2D eigenvalue weighted by Crippen LogP contribution is -2.48. The molecule has 25 heavy (non-hydrogen) atoms. The monoisotopic (exact) mass is 342 g/mol. The van der Waals surface area contributed by atoms with Crippen LogP contribution in [0, 0.1) is 0 Å². The highest BCUT2D eigenvalue weighted by molar-refractivity contribution is 5.92. The van der Waals surface area contributed by atoms with E-state index < -0.39 is 0 Å². The van der Waals surface area contributed by atoms with Crippen molar-refractivity contribution in [1.82, 2.24) is 9.80 Å². The number of amides is 1. The summed E-state index contributed by atoms with van der Waals surface area (Å²) in [6.45, 7) is 4.03. The number of hydrogen-bond donors (Lipinski definition) is 0. The summed E-state index contributed by atoms with van der Waals surface area (Å²) in [5.74, 6) is -0.284. The maximum atomic E-state index is 12.5. The first-order chi connectivity index (χ1) is 12.2. The van der Waals surface area contributed by atoms with Gasteiger partial charge in [-0.25, -0.2) is 4.79 Å². The molecule has 2 saturated heterocycles. The maximum Gasteiger partial charge on any atom is 0.337 e. The van der Waals surface area contributed by atoms with Gasteiger partial charge in [-0.15, -0.1) is 0 Å². The van der Waals surface area contributed by atoms with E-state index in [2.05, 4.69) is 9.64 Å². The molecule has 5 heteroatoms. The molecule has 0 aromatic heterocycles. The van der Waals surface area contributed by atoms with Gasteiger partial charge in [0, 0.05) is 25.2 Å². The number of methoxy groups -OCH3 is 1. The second kappa shape index (κ2) is 8.30. The Balaban J connectivity index is 1.57. The number of esters is 1. The number of ether oxygens (including phenoxy) is 1. The first kappa shape index (κ1) is 17.7. The molecule has 0 aliphatic carbocycles. The molecule has 0 N–H and O–H groups in total. The fraction of sp³-hybridized carbons (Fsp3) is 0.500. The van der Waals surface area contributed by atoms with E-state index in [0.717, 1.165) is 25.1 Å². The second-order valence-corrected chi connectivity index (χ2v) is 6.77. The van der Waals surface area contributed by atoms with Gasteiger partial charge in [-0.2, -0.15) is 0 Å². The van der Waals surface area contributed by atoms with Crippen molar-refractivity contribution in [3.05, 3.63) is 41.5 Å². The van der Waals surface area contributed by atoms with Gasteiger partial charge in [-0.3, -0.25) is 9.69 Å². The van der Waals surface area contributed by atoms with E-state index in [1.165, 1.54) is 39.5 Å². The van der Waals surface area contributed by atoms with E-state index in [9.17, 15) is 9.59 Å². The van der Waals surface area contributed by atoms with Gasteiger partial charge in [0.2, 0.25) is 5.91 Å². The van der Waals surface area contributed by atoms with Crippen LogP contribution in [-0.4, -0.2) is 61.0 Å². The van der Waals surface area contributed by atoms with Gasteiger partial charge in [0.25, 0.3) is 0 Å². The van der Waals surface area contributed by atoms with Crippen LogP contribution in [0.1, 0.15) is 41.6 Å². The fourth-order valence-electron chi connectivity index (χ4n) is 3.68. The van der Waals surface area contributed by atoms with Crippen molar-refractivity contribution in [3.63, 3.8) is 0 Å². The van der Waals surface area contributed by atoms with Gasteiger partial charge in [-0.1, -0.05) is 12.1 Å². The predicted molar refractivity (Wildman–Crippen MR) is 97.2 cm³/mol. The Morgan fingerprint density at radius 2 is 1.80 bits per heavy atom. The maximum absolute atomic E-state index is 12.5. The van der Waals surface area contributed by atoms with E-state index in [-0.39, 0.29) is 11.9 Å².